The lowest BCUT2D eigenvalue weighted by molar-refractivity contribution is -0.116. The fraction of sp³-hybridized carbons (Fsp3) is 0.227. The van der Waals surface area contributed by atoms with Gasteiger partial charge in [0.15, 0.2) is 0 Å². The van der Waals surface area contributed by atoms with Crippen molar-refractivity contribution in [2.45, 2.75) is 26.7 Å². The van der Waals surface area contributed by atoms with E-state index < -0.39 is 0 Å². The number of hydrogen-bond donors (Lipinski definition) is 1. The average Bonchev–Trinajstić information content (AvgIpc) is 2.67. The number of aromatic nitrogens is 2. The maximum Gasteiger partial charge on any atom is 0.322 e. The number of amides is 1. The molecule has 3 rings (SSSR count). The third kappa shape index (κ3) is 6.61. The number of nitrogens with one attached hydrogen (secondary N) is 1. The molecule has 6 nitrogen and oxygen atoms in total. The number of benzene rings is 2. The van der Waals surface area contributed by atoms with E-state index in [2.05, 4.69) is 15.3 Å². The van der Waals surface area contributed by atoms with Crippen LogP contribution in [0.3, 0.4) is 0 Å². The van der Waals surface area contributed by atoms with Crippen molar-refractivity contribution in [1.29, 1.82) is 0 Å². The molecule has 30 heavy (non-hydrogen) atoms. The van der Waals surface area contributed by atoms with Crippen LogP contribution >= 0.6 is 23.2 Å². The van der Waals surface area contributed by atoms with Crippen molar-refractivity contribution in [1.82, 2.24) is 9.97 Å². The van der Waals surface area contributed by atoms with Crippen LogP contribution in [0.2, 0.25) is 10.0 Å². The van der Waals surface area contributed by atoms with Gasteiger partial charge in [-0.2, -0.15) is 0 Å². The lowest BCUT2D eigenvalue weighted by Crippen LogP contribution is -2.12. The first kappa shape index (κ1) is 21.9. The number of anilines is 1. The van der Waals surface area contributed by atoms with E-state index in [9.17, 15) is 4.79 Å². The predicted molar refractivity (Wildman–Crippen MR) is 118 cm³/mol. The molecule has 1 heterocycles. The summed E-state index contributed by atoms with van der Waals surface area (Å²) < 4.78 is 11.3. The van der Waals surface area contributed by atoms with E-state index in [0.29, 0.717) is 52.7 Å². The Hall–Kier alpha value is -2.83. The molecule has 0 fully saturated rings. The summed E-state index contributed by atoms with van der Waals surface area (Å²) in [5.74, 6) is 1.03. The van der Waals surface area contributed by atoms with Crippen LogP contribution in [0.15, 0.2) is 48.5 Å². The molecule has 1 amide bonds. The second kappa shape index (κ2) is 10.3. The van der Waals surface area contributed by atoms with Gasteiger partial charge < -0.3 is 14.8 Å². The predicted octanol–water partition coefficient (Wildman–Crippen LogP) is 5.99. The molecule has 0 aliphatic carbocycles. The Balaban J connectivity index is 1.44. The Morgan fingerprint density at radius 1 is 1.00 bits per heavy atom. The molecule has 2 aromatic carbocycles. The van der Waals surface area contributed by atoms with Crippen molar-refractivity contribution in [3.63, 3.8) is 0 Å². The number of ether oxygens (including phenoxy) is 2. The first-order chi connectivity index (χ1) is 14.4. The summed E-state index contributed by atoms with van der Waals surface area (Å²) in [5, 5.41) is 3.83. The van der Waals surface area contributed by atoms with Gasteiger partial charge in [0.05, 0.1) is 11.6 Å². The van der Waals surface area contributed by atoms with E-state index in [4.69, 9.17) is 32.7 Å². The quantitative estimate of drug-likeness (QED) is 0.431. The first-order valence-electron chi connectivity index (χ1n) is 9.37. The highest BCUT2D eigenvalue weighted by Gasteiger charge is 2.07. The van der Waals surface area contributed by atoms with Crippen molar-refractivity contribution < 1.29 is 14.3 Å². The van der Waals surface area contributed by atoms with E-state index in [1.807, 2.05) is 19.9 Å². The molecule has 8 heteroatoms. The molecule has 0 bridgehead atoms. The van der Waals surface area contributed by atoms with Gasteiger partial charge in [0.1, 0.15) is 11.5 Å². The van der Waals surface area contributed by atoms with Gasteiger partial charge in [-0.25, -0.2) is 9.97 Å². The molecule has 1 N–H and O–H groups in total. The number of hydrogen-bond acceptors (Lipinski definition) is 5. The van der Waals surface area contributed by atoms with Crippen molar-refractivity contribution in [2.75, 3.05) is 11.9 Å². The van der Waals surface area contributed by atoms with E-state index in [1.165, 1.54) is 0 Å². The summed E-state index contributed by atoms with van der Waals surface area (Å²) in [4.78, 5) is 20.6. The zero-order valence-corrected chi connectivity index (χ0v) is 18.1. The third-order valence-corrected chi connectivity index (χ3v) is 4.54. The molecule has 0 unspecified atom stereocenters. The van der Waals surface area contributed by atoms with Gasteiger partial charge in [-0.15, -0.1) is 0 Å². The molecular weight excluding hydrogens is 425 g/mol. The second-order valence-electron chi connectivity index (χ2n) is 6.63. The first-order valence-corrected chi connectivity index (χ1v) is 10.1. The Labute approximate surface area is 185 Å². The Bertz CT molecular complexity index is 1010. The van der Waals surface area contributed by atoms with Gasteiger partial charge >= 0.3 is 6.01 Å². The average molecular weight is 446 g/mol. The molecule has 3 aromatic rings. The molecule has 0 aliphatic rings. The van der Waals surface area contributed by atoms with Crippen molar-refractivity contribution >= 4 is 34.8 Å². The van der Waals surface area contributed by atoms with Gasteiger partial charge in [0.25, 0.3) is 0 Å². The van der Waals surface area contributed by atoms with Gasteiger partial charge in [0.2, 0.25) is 5.91 Å². The second-order valence-corrected chi connectivity index (χ2v) is 7.48. The van der Waals surface area contributed by atoms with Crippen LogP contribution in [0.4, 0.5) is 5.69 Å². The van der Waals surface area contributed by atoms with E-state index in [1.54, 1.807) is 42.5 Å². The lowest BCUT2D eigenvalue weighted by atomic mass is 10.2. The van der Waals surface area contributed by atoms with Crippen LogP contribution in [0.25, 0.3) is 0 Å². The highest BCUT2D eigenvalue weighted by molar-refractivity contribution is 6.35. The number of carbonyl (C=O) groups excluding carboxylic acids is 1. The minimum atomic E-state index is -0.105. The lowest BCUT2D eigenvalue weighted by Gasteiger charge is -2.09. The van der Waals surface area contributed by atoms with E-state index in [-0.39, 0.29) is 5.91 Å². The largest absolute Gasteiger partial charge is 0.492 e. The van der Waals surface area contributed by atoms with Crippen LogP contribution in [0.5, 0.6) is 17.5 Å². The molecule has 0 aliphatic heterocycles. The van der Waals surface area contributed by atoms with Gasteiger partial charge in [-0.1, -0.05) is 23.2 Å². The normalized spacial score (nSPS) is 10.5. The maximum atomic E-state index is 12.1. The molecular formula is C22H21Cl2N3O3. The van der Waals surface area contributed by atoms with Crippen LogP contribution in [0, 0.1) is 13.8 Å². The molecule has 0 atom stereocenters. The number of aryl methyl sites for hydroxylation is 2. The summed E-state index contributed by atoms with van der Waals surface area (Å²) in [6.45, 7) is 4.14. The number of nitrogens with zero attached hydrogens (tertiary/aromatic N) is 2. The summed E-state index contributed by atoms with van der Waals surface area (Å²) in [7, 11) is 0. The standard InChI is InChI=1S/C22H21Cl2N3O3/c1-14-12-15(2)26-22(25-14)30-18-8-6-17(7-9-18)27-21(28)4-3-11-29-20-10-5-16(23)13-19(20)24/h5-10,12-13H,3-4,11H2,1-2H3,(H,27,28). The highest BCUT2D eigenvalue weighted by atomic mass is 35.5. The monoisotopic (exact) mass is 445 g/mol. The maximum absolute atomic E-state index is 12.1. The molecule has 156 valence electrons. The van der Waals surface area contributed by atoms with E-state index >= 15 is 0 Å². The summed E-state index contributed by atoms with van der Waals surface area (Å²) >= 11 is 11.9. The van der Waals surface area contributed by atoms with Gasteiger partial charge in [0, 0.05) is 28.5 Å². The van der Waals surface area contributed by atoms with Crippen LogP contribution in [0.1, 0.15) is 24.2 Å². The minimum Gasteiger partial charge on any atom is -0.492 e. The Morgan fingerprint density at radius 3 is 2.37 bits per heavy atom. The number of halogens is 2. The fourth-order valence-electron chi connectivity index (χ4n) is 2.68. The van der Waals surface area contributed by atoms with Crippen LogP contribution < -0.4 is 14.8 Å². The summed E-state index contributed by atoms with van der Waals surface area (Å²) in [6, 6.07) is 14.2. The van der Waals surface area contributed by atoms with Crippen molar-refractivity contribution in [3.8, 4) is 17.5 Å². The Kier molecular flexibility index (Phi) is 7.49. The zero-order chi connectivity index (χ0) is 21.5. The van der Waals surface area contributed by atoms with Crippen molar-refractivity contribution in [2.24, 2.45) is 0 Å². The topological polar surface area (TPSA) is 73.3 Å². The fourth-order valence-corrected chi connectivity index (χ4v) is 3.14. The zero-order valence-electron chi connectivity index (χ0n) is 16.6. The molecule has 1 aromatic heterocycles. The third-order valence-electron chi connectivity index (χ3n) is 4.01. The smallest absolute Gasteiger partial charge is 0.322 e. The molecule has 0 radical (unpaired) electrons. The molecule has 0 saturated heterocycles. The van der Waals surface area contributed by atoms with E-state index in [0.717, 1.165) is 11.4 Å². The summed E-state index contributed by atoms with van der Waals surface area (Å²) in [6.07, 6.45) is 0.871. The Morgan fingerprint density at radius 2 is 1.70 bits per heavy atom. The van der Waals surface area contributed by atoms with Gasteiger partial charge in [-0.3, -0.25) is 4.79 Å². The van der Waals surface area contributed by atoms with Gasteiger partial charge in [-0.05, 0) is 68.8 Å². The summed E-state index contributed by atoms with van der Waals surface area (Å²) in [5.41, 5.74) is 2.35. The minimum absolute atomic E-state index is 0.105. The van der Waals surface area contributed by atoms with Crippen molar-refractivity contribution in [3.05, 3.63) is 70.0 Å². The van der Waals surface area contributed by atoms with Crippen LogP contribution in [-0.2, 0) is 4.79 Å². The van der Waals surface area contributed by atoms with Crippen LogP contribution in [-0.4, -0.2) is 22.5 Å². The highest BCUT2D eigenvalue weighted by Crippen LogP contribution is 2.27. The number of rotatable bonds is 8. The molecule has 0 spiro atoms. The molecule has 0 saturated carbocycles. The number of carbonyl (C=O) groups is 1. The SMILES string of the molecule is Cc1cc(C)nc(Oc2ccc(NC(=O)CCCOc3ccc(Cl)cc3Cl)cc2)n1.